The van der Waals surface area contributed by atoms with E-state index in [0.29, 0.717) is 5.92 Å². The first-order valence-corrected chi connectivity index (χ1v) is 16.1. The molecule has 0 aromatic heterocycles. The van der Waals surface area contributed by atoms with Crippen LogP contribution in [0.5, 0.6) is 0 Å². The van der Waals surface area contributed by atoms with E-state index in [-0.39, 0.29) is 0 Å². The molecule has 0 fully saturated rings. The minimum Gasteiger partial charge on any atom is -0.395 e. The molecule has 0 rings (SSSR count). The van der Waals surface area contributed by atoms with E-state index in [2.05, 4.69) is 33.9 Å². The van der Waals surface area contributed by atoms with Gasteiger partial charge >= 0.3 is 8.56 Å². The highest BCUT2D eigenvalue weighted by atomic mass is 28.4. The summed E-state index contributed by atoms with van der Waals surface area (Å²) < 4.78 is 12.4. The second kappa shape index (κ2) is 21.4. The maximum absolute atomic E-state index is 6.22. The first-order valence-electron chi connectivity index (χ1n) is 13.3. The number of rotatable bonds is 23. The molecule has 0 amide bonds. The third-order valence-electron chi connectivity index (χ3n) is 6.16. The summed E-state index contributed by atoms with van der Waals surface area (Å²) in [7, 11) is -1.93. The van der Waals surface area contributed by atoms with Crippen LogP contribution in [-0.4, -0.2) is 21.8 Å². The predicted octanol–water partition coefficient (Wildman–Crippen LogP) is 9.42. The highest BCUT2D eigenvalue weighted by Crippen LogP contribution is 2.17. The molecule has 0 spiro atoms. The van der Waals surface area contributed by atoms with Crippen molar-refractivity contribution in [1.82, 2.24) is 0 Å². The SMILES string of the molecule is CCCCCCCCCCCCCCCCO[Si](C)(C)OCC(CC)CCCC. The minimum atomic E-state index is -1.93. The monoisotopic (exact) mass is 428 g/mol. The average Bonchev–Trinajstić information content (AvgIpc) is 2.71. The summed E-state index contributed by atoms with van der Waals surface area (Å²) in [6.07, 6.45) is 24.8. The molecule has 3 heteroatoms. The Hall–Kier alpha value is 0.137. The third kappa shape index (κ3) is 21.2. The zero-order valence-corrected chi connectivity index (χ0v) is 22.0. The lowest BCUT2D eigenvalue weighted by Gasteiger charge is -2.26. The Kier molecular flexibility index (Phi) is 21.5. The van der Waals surface area contributed by atoms with Crippen molar-refractivity contribution >= 4 is 8.56 Å². The molecule has 1 unspecified atom stereocenters. The molecule has 1 atom stereocenters. The lowest BCUT2D eigenvalue weighted by molar-refractivity contribution is 0.146. The second-order valence-corrected chi connectivity index (χ2v) is 12.9. The lowest BCUT2D eigenvalue weighted by atomic mass is 10.0. The standard InChI is InChI=1S/C26H56O2Si/c1-6-9-11-12-13-14-15-16-17-18-19-20-21-22-24-27-29(4,5)28-25-26(8-3)23-10-7-2/h26H,6-25H2,1-5H3. The van der Waals surface area contributed by atoms with Crippen LogP contribution in [0.25, 0.3) is 0 Å². The van der Waals surface area contributed by atoms with Crippen molar-refractivity contribution in [3.05, 3.63) is 0 Å². The fourth-order valence-corrected chi connectivity index (χ4v) is 5.23. The van der Waals surface area contributed by atoms with Gasteiger partial charge < -0.3 is 8.85 Å². The highest BCUT2D eigenvalue weighted by molar-refractivity contribution is 6.64. The Morgan fingerprint density at radius 3 is 1.45 bits per heavy atom. The summed E-state index contributed by atoms with van der Waals surface area (Å²) >= 11 is 0. The maximum Gasteiger partial charge on any atom is 0.331 e. The van der Waals surface area contributed by atoms with Crippen molar-refractivity contribution in [2.45, 2.75) is 149 Å². The quantitative estimate of drug-likeness (QED) is 0.119. The molecule has 0 saturated carbocycles. The van der Waals surface area contributed by atoms with Crippen molar-refractivity contribution in [2.75, 3.05) is 13.2 Å². The molecule has 0 bridgehead atoms. The van der Waals surface area contributed by atoms with Crippen LogP contribution in [0.2, 0.25) is 13.1 Å². The minimum absolute atomic E-state index is 0.714. The Morgan fingerprint density at radius 2 is 1.00 bits per heavy atom. The fourth-order valence-electron chi connectivity index (χ4n) is 3.87. The Morgan fingerprint density at radius 1 is 0.552 bits per heavy atom. The van der Waals surface area contributed by atoms with Gasteiger partial charge in [0.2, 0.25) is 0 Å². The topological polar surface area (TPSA) is 18.5 Å². The number of hydrogen-bond donors (Lipinski definition) is 0. The van der Waals surface area contributed by atoms with E-state index in [4.69, 9.17) is 8.85 Å². The first kappa shape index (κ1) is 29.1. The molecule has 176 valence electrons. The van der Waals surface area contributed by atoms with E-state index in [1.165, 1.54) is 116 Å². The molecule has 2 nitrogen and oxygen atoms in total. The molecule has 0 aliphatic carbocycles. The molecule has 0 heterocycles. The predicted molar refractivity (Wildman–Crippen MR) is 133 cm³/mol. The highest BCUT2D eigenvalue weighted by Gasteiger charge is 2.25. The Labute approximate surface area is 186 Å². The average molecular weight is 429 g/mol. The summed E-state index contributed by atoms with van der Waals surface area (Å²) in [5, 5.41) is 0. The van der Waals surface area contributed by atoms with Gasteiger partial charge in [0.25, 0.3) is 0 Å². The van der Waals surface area contributed by atoms with E-state index in [1.807, 2.05) is 0 Å². The molecular formula is C26H56O2Si. The molecule has 0 aliphatic rings. The van der Waals surface area contributed by atoms with Gasteiger partial charge in [0, 0.05) is 13.2 Å². The van der Waals surface area contributed by atoms with E-state index < -0.39 is 8.56 Å². The van der Waals surface area contributed by atoms with Crippen molar-refractivity contribution < 1.29 is 8.85 Å². The van der Waals surface area contributed by atoms with Gasteiger partial charge in [-0.3, -0.25) is 0 Å². The van der Waals surface area contributed by atoms with Crippen LogP contribution in [-0.2, 0) is 8.85 Å². The van der Waals surface area contributed by atoms with Gasteiger partial charge in [-0.15, -0.1) is 0 Å². The number of hydrogen-bond acceptors (Lipinski definition) is 2. The normalized spacial score (nSPS) is 13.1. The molecule has 0 aromatic rings. The molecule has 0 radical (unpaired) electrons. The molecule has 0 saturated heterocycles. The zero-order chi connectivity index (χ0) is 21.6. The summed E-state index contributed by atoms with van der Waals surface area (Å²) in [6.45, 7) is 13.1. The van der Waals surface area contributed by atoms with E-state index in [9.17, 15) is 0 Å². The van der Waals surface area contributed by atoms with E-state index in [1.54, 1.807) is 0 Å². The number of unbranched alkanes of at least 4 members (excludes halogenated alkanes) is 14. The zero-order valence-electron chi connectivity index (χ0n) is 21.0. The van der Waals surface area contributed by atoms with Crippen molar-refractivity contribution in [3.63, 3.8) is 0 Å². The van der Waals surface area contributed by atoms with Crippen molar-refractivity contribution in [1.29, 1.82) is 0 Å². The molecular weight excluding hydrogens is 372 g/mol. The molecule has 29 heavy (non-hydrogen) atoms. The first-order chi connectivity index (χ1) is 14.1. The van der Waals surface area contributed by atoms with Gasteiger partial charge in [-0.05, 0) is 31.9 Å². The Balaban J connectivity index is 3.41. The summed E-state index contributed by atoms with van der Waals surface area (Å²) in [6, 6.07) is 0. The summed E-state index contributed by atoms with van der Waals surface area (Å²) in [5.41, 5.74) is 0. The van der Waals surface area contributed by atoms with Gasteiger partial charge in [0.05, 0.1) is 0 Å². The van der Waals surface area contributed by atoms with Crippen LogP contribution in [0.1, 0.15) is 136 Å². The molecule has 0 N–H and O–H groups in total. The van der Waals surface area contributed by atoms with Gasteiger partial charge in [-0.1, -0.05) is 124 Å². The van der Waals surface area contributed by atoms with Crippen LogP contribution in [0.15, 0.2) is 0 Å². The van der Waals surface area contributed by atoms with Gasteiger partial charge in [0.15, 0.2) is 0 Å². The van der Waals surface area contributed by atoms with E-state index >= 15 is 0 Å². The second-order valence-electron chi connectivity index (χ2n) is 9.57. The Bertz CT molecular complexity index is 320. The maximum atomic E-state index is 6.22. The van der Waals surface area contributed by atoms with Gasteiger partial charge in [-0.2, -0.15) is 0 Å². The fraction of sp³-hybridized carbons (Fsp3) is 1.00. The lowest BCUT2D eigenvalue weighted by Crippen LogP contribution is -2.37. The van der Waals surface area contributed by atoms with E-state index in [0.717, 1.165) is 13.2 Å². The largest absolute Gasteiger partial charge is 0.395 e. The van der Waals surface area contributed by atoms with Crippen molar-refractivity contribution in [2.24, 2.45) is 5.92 Å². The van der Waals surface area contributed by atoms with Crippen LogP contribution >= 0.6 is 0 Å². The van der Waals surface area contributed by atoms with Crippen LogP contribution < -0.4 is 0 Å². The van der Waals surface area contributed by atoms with Crippen LogP contribution in [0.4, 0.5) is 0 Å². The van der Waals surface area contributed by atoms with Crippen molar-refractivity contribution in [3.8, 4) is 0 Å². The molecule has 0 aliphatic heterocycles. The summed E-state index contributed by atoms with van der Waals surface area (Å²) in [5.74, 6) is 0.714. The van der Waals surface area contributed by atoms with Gasteiger partial charge in [-0.25, -0.2) is 0 Å². The van der Waals surface area contributed by atoms with Gasteiger partial charge in [0.1, 0.15) is 0 Å². The third-order valence-corrected chi connectivity index (χ3v) is 7.92. The smallest absolute Gasteiger partial charge is 0.331 e. The summed E-state index contributed by atoms with van der Waals surface area (Å²) in [4.78, 5) is 0. The van der Waals surface area contributed by atoms with Crippen LogP contribution in [0.3, 0.4) is 0 Å². The van der Waals surface area contributed by atoms with Crippen LogP contribution in [0, 0.1) is 5.92 Å². The molecule has 0 aromatic carbocycles.